The summed E-state index contributed by atoms with van der Waals surface area (Å²) >= 11 is 0. The van der Waals surface area contributed by atoms with Crippen LogP contribution in [0.5, 0.6) is 0 Å². The van der Waals surface area contributed by atoms with Crippen molar-refractivity contribution < 1.29 is 9.50 Å². The molecule has 4 rings (SSSR count). The number of benzene rings is 1. The Morgan fingerprint density at radius 1 is 1.19 bits per heavy atom. The molecule has 26 heavy (non-hydrogen) atoms. The molecule has 2 saturated heterocycles. The van der Waals surface area contributed by atoms with Crippen molar-refractivity contribution in [2.45, 2.75) is 63.4 Å². The molecular weight excluding hydrogens is 333 g/mol. The van der Waals surface area contributed by atoms with Gasteiger partial charge in [0.25, 0.3) is 5.56 Å². The second-order valence-electron chi connectivity index (χ2n) is 7.75. The number of nitrogens with zero attached hydrogens (tertiary/aromatic N) is 3. The molecule has 2 aromatic rings. The maximum absolute atomic E-state index is 14.0. The van der Waals surface area contributed by atoms with E-state index in [9.17, 15) is 14.3 Å². The maximum atomic E-state index is 14.0. The molecule has 0 amide bonds. The van der Waals surface area contributed by atoms with Crippen LogP contribution in [0.2, 0.25) is 0 Å². The molecule has 6 heteroatoms. The Hall–Kier alpha value is -2.05. The number of hydrogen-bond donors (Lipinski definition) is 1. The Labute approximate surface area is 152 Å². The predicted octanol–water partition coefficient (Wildman–Crippen LogP) is 2.25. The zero-order valence-corrected chi connectivity index (χ0v) is 14.9. The van der Waals surface area contributed by atoms with Gasteiger partial charge >= 0.3 is 0 Å². The van der Waals surface area contributed by atoms with Gasteiger partial charge in [0.05, 0.1) is 17.8 Å². The maximum Gasteiger partial charge on any atom is 0.266 e. The van der Waals surface area contributed by atoms with Gasteiger partial charge in [0.15, 0.2) is 0 Å². The van der Waals surface area contributed by atoms with E-state index in [2.05, 4.69) is 10.00 Å². The van der Waals surface area contributed by atoms with Crippen LogP contribution in [0.4, 0.5) is 4.39 Å². The van der Waals surface area contributed by atoms with Crippen molar-refractivity contribution in [1.82, 2.24) is 14.7 Å². The highest BCUT2D eigenvalue weighted by molar-refractivity contribution is 5.18. The van der Waals surface area contributed by atoms with Crippen molar-refractivity contribution in [2.24, 2.45) is 0 Å². The van der Waals surface area contributed by atoms with Gasteiger partial charge in [-0.2, -0.15) is 5.10 Å². The Morgan fingerprint density at radius 3 is 2.58 bits per heavy atom. The fourth-order valence-electron chi connectivity index (χ4n) is 4.57. The molecule has 0 aliphatic carbocycles. The highest BCUT2D eigenvalue weighted by atomic mass is 19.1. The number of aromatic nitrogens is 2. The lowest BCUT2D eigenvalue weighted by molar-refractivity contribution is -0.0679. The molecule has 0 spiro atoms. The minimum atomic E-state index is -0.942. The number of piperidine rings is 1. The van der Waals surface area contributed by atoms with Crippen molar-refractivity contribution in [3.05, 3.63) is 63.8 Å². The molecule has 2 aliphatic heterocycles. The molecule has 0 saturated carbocycles. The molecule has 2 bridgehead atoms. The standard InChI is InChI=1S/C20H24FN3O2/c1-14-6-9-19(25)24(22-14)13-20(26)10-16-7-8-17(11-20)23(16)12-15-4-2-3-5-18(15)21/h2-6,9,16-17,26H,7-8,10-13H2,1H3. The Balaban J connectivity index is 1.51. The number of fused-ring (bicyclic) bond motifs is 2. The lowest BCUT2D eigenvalue weighted by atomic mass is 9.85. The zero-order valence-electron chi connectivity index (χ0n) is 14.9. The molecule has 2 aliphatic rings. The number of halogens is 1. The summed E-state index contributed by atoms with van der Waals surface area (Å²) < 4.78 is 15.4. The minimum Gasteiger partial charge on any atom is -0.388 e. The van der Waals surface area contributed by atoms with Gasteiger partial charge in [0, 0.05) is 30.3 Å². The van der Waals surface area contributed by atoms with E-state index in [0.717, 1.165) is 18.5 Å². The largest absolute Gasteiger partial charge is 0.388 e. The van der Waals surface area contributed by atoms with Gasteiger partial charge in [-0.25, -0.2) is 9.07 Å². The minimum absolute atomic E-state index is 0.178. The Kier molecular flexibility index (Phi) is 4.40. The summed E-state index contributed by atoms with van der Waals surface area (Å²) in [5.74, 6) is -0.178. The summed E-state index contributed by atoms with van der Waals surface area (Å²) in [6.45, 7) is 2.62. The topological polar surface area (TPSA) is 58.4 Å². The van der Waals surface area contributed by atoms with E-state index in [-0.39, 0.29) is 30.0 Å². The van der Waals surface area contributed by atoms with Gasteiger partial charge in [-0.1, -0.05) is 18.2 Å². The van der Waals surface area contributed by atoms with Crippen LogP contribution in [0.25, 0.3) is 0 Å². The molecule has 138 valence electrons. The first-order valence-electron chi connectivity index (χ1n) is 9.20. The smallest absolute Gasteiger partial charge is 0.266 e. The van der Waals surface area contributed by atoms with E-state index < -0.39 is 5.60 Å². The predicted molar refractivity (Wildman–Crippen MR) is 96.2 cm³/mol. The normalized spacial score (nSPS) is 28.4. The van der Waals surface area contributed by atoms with Crippen molar-refractivity contribution in [2.75, 3.05) is 0 Å². The van der Waals surface area contributed by atoms with E-state index >= 15 is 0 Å². The monoisotopic (exact) mass is 357 g/mol. The lowest BCUT2D eigenvalue weighted by Crippen LogP contribution is -2.53. The third-order valence-electron chi connectivity index (χ3n) is 5.76. The van der Waals surface area contributed by atoms with Crippen LogP contribution in [0.3, 0.4) is 0 Å². The summed E-state index contributed by atoms with van der Waals surface area (Å²) in [6, 6.07) is 10.5. The van der Waals surface area contributed by atoms with Gasteiger partial charge in [-0.05, 0) is 44.7 Å². The van der Waals surface area contributed by atoms with Crippen LogP contribution in [0.1, 0.15) is 36.9 Å². The Bertz CT molecular complexity index is 852. The summed E-state index contributed by atoms with van der Waals surface area (Å²) in [5.41, 5.74) is 0.326. The summed E-state index contributed by atoms with van der Waals surface area (Å²) in [5, 5.41) is 15.4. The average Bonchev–Trinajstić information content (AvgIpc) is 2.84. The van der Waals surface area contributed by atoms with E-state index in [1.807, 2.05) is 19.1 Å². The van der Waals surface area contributed by atoms with Crippen LogP contribution < -0.4 is 5.56 Å². The van der Waals surface area contributed by atoms with Gasteiger partial charge in [-0.3, -0.25) is 9.69 Å². The quantitative estimate of drug-likeness (QED) is 0.912. The molecule has 1 N–H and O–H groups in total. The number of aryl methyl sites for hydroxylation is 1. The highest BCUT2D eigenvalue weighted by Gasteiger charge is 2.47. The molecule has 0 radical (unpaired) electrons. The third kappa shape index (κ3) is 3.31. The third-order valence-corrected chi connectivity index (χ3v) is 5.76. The summed E-state index contributed by atoms with van der Waals surface area (Å²) in [4.78, 5) is 14.4. The fraction of sp³-hybridized carbons (Fsp3) is 0.500. The van der Waals surface area contributed by atoms with Gasteiger partial charge < -0.3 is 5.11 Å². The first kappa shape index (κ1) is 17.4. The van der Waals surface area contributed by atoms with Gasteiger partial charge in [0.1, 0.15) is 5.82 Å². The van der Waals surface area contributed by atoms with Crippen molar-refractivity contribution >= 4 is 0 Å². The summed E-state index contributed by atoms with van der Waals surface area (Å²) in [7, 11) is 0. The van der Waals surface area contributed by atoms with Gasteiger partial charge in [-0.15, -0.1) is 0 Å². The molecule has 3 heterocycles. The number of rotatable bonds is 4. The summed E-state index contributed by atoms with van der Waals surface area (Å²) in [6.07, 6.45) is 3.16. The molecule has 1 aromatic heterocycles. The van der Waals surface area contributed by atoms with E-state index in [1.54, 1.807) is 12.1 Å². The van der Waals surface area contributed by atoms with Crippen LogP contribution in [0.15, 0.2) is 41.2 Å². The van der Waals surface area contributed by atoms with Crippen LogP contribution in [-0.4, -0.2) is 37.5 Å². The highest BCUT2D eigenvalue weighted by Crippen LogP contribution is 2.42. The average molecular weight is 357 g/mol. The van der Waals surface area contributed by atoms with Crippen molar-refractivity contribution in [1.29, 1.82) is 0 Å². The van der Waals surface area contributed by atoms with Crippen LogP contribution in [0, 0.1) is 12.7 Å². The molecule has 2 fully saturated rings. The number of hydrogen-bond acceptors (Lipinski definition) is 4. The van der Waals surface area contributed by atoms with Crippen LogP contribution in [-0.2, 0) is 13.1 Å². The second kappa shape index (κ2) is 6.59. The molecule has 1 aromatic carbocycles. The van der Waals surface area contributed by atoms with E-state index in [1.165, 1.54) is 16.8 Å². The van der Waals surface area contributed by atoms with E-state index in [0.29, 0.717) is 24.9 Å². The SMILES string of the molecule is Cc1ccc(=O)n(CC2(O)CC3CCC(C2)N3Cc2ccccc2F)n1. The first-order chi connectivity index (χ1) is 12.4. The zero-order chi connectivity index (χ0) is 18.3. The van der Waals surface area contributed by atoms with Crippen molar-refractivity contribution in [3.8, 4) is 0 Å². The van der Waals surface area contributed by atoms with Gasteiger partial charge in [0.2, 0.25) is 0 Å². The molecule has 2 atom stereocenters. The Morgan fingerprint density at radius 2 is 1.88 bits per heavy atom. The first-order valence-corrected chi connectivity index (χ1v) is 9.20. The molecule has 5 nitrogen and oxygen atoms in total. The molecule has 2 unspecified atom stereocenters. The second-order valence-corrected chi connectivity index (χ2v) is 7.75. The van der Waals surface area contributed by atoms with Crippen molar-refractivity contribution in [3.63, 3.8) is 0 Å². The van der Waals surface area contributed by atoms with Crippen LogP contribution >= 0.6 is 0 Å². The van der Waals surface area contributed by atoms with E-state index in [4.69, 9.17) is 0 Å². The number of aliphatic hydroxyl groups is 1. The molecular formula is C20H24FN3O2. The fourth-order valence-corrected chi connectivity index (χ4v) is 4.57. The lowest BCUT2D eigenvalue weighted by Gasteiger charge is -2.43.